The molecule has 2 rings (SSSR count). The van der Waals surface area contributed by atoms with Crippen molar-refractivity contribution in [3.63, 3.8) is 0 Å². The lowest BCUT2D eigenvalue weighted by Gasteiger charge is -2.27. The first kappa shape index (κ1) is 9.51. The van der Waals surface area contributed by atoms with Crippen LogP contribution in [0.15, 0.2) is 0 Å². The van der Waals surface area contributed by atoms with Crippen LogP contribution in [-0.2, 0) is 0 Å². The third kappa shape index (κ3) is 2.07. The quantitative estimate of drug-likeness (QED) is 0.601. The van der Waals surface area contributed by atoms with E-state index in [1.54, 1.807) is 0 Å². The number of fused-ring (bicyclic) bond motifs is 1. The van der Waals surface area contributed by atoms with E-state index in [1.807, 2.05) is 0 Å². The van der Waals surface area contributed by atoms with Gasteiger partial charge in [-0.1, -0.05) is 20.8 Å². The van der Waals surface area contributed by atoms with E-state index < -0.39 is 0 Å². The van der Waals surface area contributed by atoms with E-state index in [0.29, 0.717) is 5.41 Å². The predicted molar refractivity (Wildman–Crippen MR) is 56.8 cm³/mol. The highest BCUT2D eigenvalue weighted by Gasteiger charge is 2.38. The van der Waals surface area contributed by atoms with Crippen LogP contribution >= 0.6 is 0 Å². The maximum Gasteiger partial charge on any atom is 0.0125 e. The molecule has 0 radical (unpaired) electrons. The molecule has 2 unspecified atom stereocenters. The van der Waals surface area contributed by atoms with E-state index in [-0.39, 0.29) is 0 Å². The van der Waals surface area contributed by atoms with Crippen molar-refractivity contribution in [3.8, 4) is 0 Å². The molecule has 0 aromatic rings. The molecule has 2 atom stereocenters. The molecule has 2 aliphatic heterocycles. The molecule has 0 saturated carbocycles. The summed E-state index contributed by atoms with van der Waals surface area (Å²) in [6, 6.07) is 0.958. The number of hydrogen-bond acceptors (Lipinski definition) is 1. The second-order valence-corrected chi connectivity index (χ2v) is 6.06. The lowest BCUT2D eigenvalue weighted by atomic mass is 9.81. The van der Waals surface area contributed by atoms with Crippen molar-refractivity contribution >= 4 is 0 Å². The van der Waals surface area contributed by atoms with Crippen LogP contribution in [0.4, 0.5) is 0 Å². The van der Waals surface area contributed by atoms with Crippen LogP contribution in [0.1, 0.15) is 46.5 Å². The maximum atomic E-state index is 2.72. The first-order chi connectivity index (χ1) is 6.06. The number of rotatable bonds is 1. The molecule has 76 valence electrons. The fourth-order valence-corrected chi connectivity index (χ4v) is 3.21. The van der Waals surface area contributed by atoms with Gasteiger partial charge < -0.3 is 4.90 Å². The summed E-state index contributed by atoms with van der Waals surface area (Å²) in [5.74, 6) is 1.00. The second-order valence-electron chi connectivity index (χ2n) is 6.06. The first-order valence-electron chi connectivity index (χ1n) is 5.80. The van der Waals surface area contributed by atoms with Gasteiger partial charge in [0.05, 0.1) is 0 Å². The van der Waals surface area contributed by atoms with Crippen LogP contribution < -0.4 is 0 Å². The Morgan fingerprint density at radius 2 is 1.92 bits per heavy atom. The van der Waals surface area contributed by atoms with Crippen LogP contribution in [0.5, 0.6) is 0 Å². The van der Waals surface area contributed by atoms with E-state index in [2.05, 4.69) is 25.7 Å². The minimum atomic E-state index is 0.531. The maximum absolute atomic E-state index is 2.72. The molecule has 2 aliphatic rings. The lowest BCUT2D eigenvalue weighted by Crippen LogP contribution is -2.27. The summed E-state index contributed by atoms with van der Waals surface area (Å²) in [5, 5.41) is 0. The largest absolute Gasteiger partial charge is 0.300 e. The molecule has 2 heterocycles. The van der Waals surface area contributed by atoms with Crippen LogP contribution in [0.3, 0.4) is 0 Å². The van der Waals surface area contributed by atoms with Crippen molar-refractivity contribution in [3.05, 3.63) is 0 Å². The van der Waals surface area contributed by atoms with Gasteiger partial charge in [0.2, 0.25) is 0 Å². The van der Waals surface area contributed by atoms with Gasteiger partial charge in [0, 0.05) is 6.04 Å². The molecular formula is C12H23N. The van der Waals surface area contributed by atoms with Crippen molar-refractivity contribution in [1.82, 2.24) is 4.90 Å². The molecule has 0 aliphatic carbocycles. The van der Waals surface area contributed by atoms with Gasteiger partial charge in [-0.05, 0) is 50.1 Å². The normalized spacial score (nSPS) is 35.3. The monoisotopic (exact) mass is 181 g/mol. The first-order valence-corrected chi connectivity index (χ1v) is 5.80. The summed E-state index contributed by atoms with van der Waals surface area (Å²) in [4.78, 5) is 2.72. The second kappa shape index (κ2) is 3.27. The summed E-state index contributed by atoms with van der Waals surface area (Å²) in [6.07, 6.45) is 5.81. The highest BCUT2D eigenvalue weighted by atomic mass is 15.2. The third-order valence-corrected chi connectivity index (χ3v) is 3.62. The summed E-state index contributed by atoms with van der Waals surface area (Å²) in [7, 11) is 0. The third-order valence-electron chi connectivity index (χ3n) is 3.62. The van der Waals surface area contributed by atoms with Crippen molar-refractivity contribution in [2.75, 3.05) is 13.1 Å². The molecule has 13 heavy (non-hydrogen) atoms. The van der Waals surface area contributed by atoms with Crippen LogP contribution in [-0.4, -0.2) is 24.0 Å². The van der Waals surface area contributed by atoms with Gasteiger partial charge in [-0.3, -0.25) is 0 Å². The van der Waals surface area contributed by atoms with Gasteiger partial charge in [-0.2, -0.15) is 0 Å². The zero-order chi connectivity index (χ0) is 9.47. The molecular weight excluding hydrogens is 158 g/mol. The molecule has 2 fully saturated rings. The highest BCUT2D eigenvalue weighted by molar-refractivity contribution is 4.92. The SMILES string of the molecule is CC(C)(C)CC1CCN2CCCC12. The molecule has 2 saturated heterocycles. The fourth-order valence-electron chi connectivity index (χ4n) is 3.21. The van der Waals surface area contributed by atoms with Crippen LogP contribution in [0.25, 0.3) is 0 Å². The Labute approximate surface area is 82.5 Å². The van der Waals surface area contributed by atoms with E-state index in [1.165, 1.54) is 38.8 Å². The van der Waals surface area contributed by atoms with Gasteiger partial charge in [-0.25, -0.2) is 0 Å². The molecule has 0 spiro atoms. The summed E-state index contributed by atoms with van der Waals surface area (Å²) < 4.78 is 0. The molecule has 1 heteroatoms. The lowest BCUT2D eigenvalue weighted by molar-refractivity contribution is 0.232. The Kier molecular flexibility index (Phi) is 2.39. The Morgan fingerprint density at radius 1 is 1.15 bits per heavy atom. The number of hydrogen-bond donors (Lipinski definition) is 0. The highest BCUT2D eigenvalue weighted by Crippen LogP contribution is 2.39. The van der Waals surface area contributed by atoms with Gasteiger partial charge in [0.1, 0.15) is 0 Å². The van der Waals surface area contributed by atoms with Crippen molar-refractivity contribution in [2.24, 2.45) is 11.3 Å². The van der Waals surface area contributed by atoms with Gasteiger partial charge >= 0.3 is 0 Å². The Morgan fingerprint density at radius 3 is 2.62 bits per heavy atom. The van der Waals surface area contributed by atoms with Gasteiger partial charge in [-0.15, -0.1) is 0 Å². The van der Waals surface area contributed by atoms with Crippen molar-refractivity contribution in [2.45, 2.75) is 52.5 Å². The smallest absolute Gasteiger partial charge is 0.0125 e. The van der Waals surface area contributed by atoms with Gasteiger partial charge in [0.15, 0.2) is 0 Å². The molecule has 1 nitrogen and oxygen atoms in total. The number of nitrogens with zero attached hydrogens (tertiary/aromatic N) is 1. The predicted octanol–water partition coefficient (Wildman–Crippen LogP) is 2.91. The van der Waals surface area contributed by atoms with E-state index in [4.69, 9.17) is 0 Å². The average molecular weight is 181 g/mol. The van der Waals surface area contributed by atoms with Crippen LogP contribution in [0, 0.1) is 11.3 Å². The van der Waals surface area contributed by atoms with Crippen molar-refractivity contribution in [1.29, 1.82) is 0 Å². The zero-order valence-electron chi connectivity index (χ0n) is 9.34. The Balaban J connectivity index is 1.94. The summed E-state index contributed by atoms with van der Waals surface area (Å²) >= 11 is 0. The van der Waals surface area contributed by atoms with E-state index in [9.17, 15) is 0 Å². The topological polar surface area (TPSA) is 3.24 Å². The zero-order valence-corrected chi connectivity index (χ0v) is 9.34. The molecule has 0 bridgehead atoms. The minimum absolute atomic E-state index is 0.531. The summed E-state index contributed by atoms with van der Waals surface area (Å²) in [6.45, 7) is 9.90. The Hall–Kier alpha value is -0.0400. The van der Waals surface area contributed by atoms with E-state index >= 15 is 0 Å². The standard InChI is InChI=1S/C12H23N/c1-12(2,3)9-10-6-8-13-7-4-5-11(10)13/h10-11H,4-9H2,1-3H3. The van der Waals surface area contributed by atoms with Crippen molar-refractivity contribution < 1.29 is 0 Å². The summed E-state index contributed by atoms with van der Waals surface area (Å²) in [5.41, 5.74) is 0.531. The van der Waals surface area contributed by atoms with E-state index in [0.717, 1.165) is 12.0 Å². The molecule has 0 N–H and O–H groups in total. The molecule has 0 amide bonds. The minimum Gasteiger partial charge on any atom is -0.300 e. The van der Waals surface area contributed by atoms with Crippen LogP contribution in [0.2, 0.25) is 0 Å². The fraction of sp³-hybridized carbons (Fsp3) is 1.00. The van der Waals surface area contributed by atoms with Gasteiger partial charge in [0.25, 0.3) is 0 Å². The Bertz CT molecular complexity index is 180. The molecule has 0 aromatic heterocycles. The molecule has 0 aromatic carbocycles. The average Bonchev–Trinajstić information content (AvgIpc) is 2.50.